The zero-order valence-electron chi connectivity index (χ0n) is 20.5. The maximum atomic E-state index is 3.45. The first kappa shape index (κ1) is 28.4. The molecule has 177 valence electrons. The molecule has 0 aliphatic heterocycles. The van der Waals surface area contributed by atoms with Crippen LogP contribution in [0.15, 0.2) is 30.3 Å². The predicted molar refractivity (Wildman–Crippen MR) is 139 cm³/mol. The van der Waals surface area contributed by atoms with E-state index in [1.807, 2.05) is 0 Å². The Kier molecular flexibility index (Phi) is 22.0. The second-order valence-corrected chi connectivity index (χ2v) is 9.66. The molecule has 3 heteroatoms. The third-order valence-corrected chi connectivity index (χ3v) is 6.61. The summed E-state index contributed by atoms with van der Waals surface area (Å²) in [6, 6.07) is 10.8. The van der Waals surface area contributed by atoms with Gasteiger partial charge in [0.05, 0.1) is 6.54 Å². The Labute approximate surface area is 198 Å². The quantitative estimate of drug-likeness (QED) is 0.138. The third-order valence-electron chi connectivity index (χ3n) is 6.36. The summed E-state index contributed by atoms with van der Waals surface area (Å²) in [4.78, 5) is 0. The van der Waals surface area contributed by atoms with Crippen molar-refractivity contribution in [3.63, 3.8) is 0 Å². The first-order chi connectivity index (χ1) is 15.4. The summed E-state index contributed by atoms with van der Waals surface area (Å²) in [6.45, 7) is 3.58. The Morgan fingerprint density at radius 2 is 0.968 bits per heavy atom. The van der Waals surface area contributed by atoms with Gasteiger partial charge in [0.1, 0.15) is 6.54 Å². The number of hydrogen-bond acceptors (Lipinski definition) is 1. The highest BCUT2D eigenvalue weighted by atomic mass is 28.1. The van der Waals surface area contributed by atoms with Gasteiger partial charge in [-0.25, -0.2) is 0 Å². The minimum atomic E-state index is 0.926. The molecule has 0 atom stereocenters. The van der Waals surface area contributed by atoms with Crippen LogP contribution in [0.4, 0.5) is 0 Å². The summed E-state index contributed by atoms with van der Waals surface area (Å²) in [5, 5.41) is 5.79. The number of nitrogens with one attached hydrogen (secondary N) is 1. The van der Waals surface area contributed by atoms with E-state index in [-0.39, 0.29) is 0 Å². The van der Waals surface area contributed by atoms with Gasteiger partial charge in [-0.2, -0.15) is 0 Å². The summed E-state index contributed by atoms with van der Waals surface area (Å²) < 4.78 is 0. The summed E-state index contributed by atoms with van der Waals surface area (Å²) >= 11 is 0. The number of quaternary nitrogens is 1. The van der Waals surface area contributed by atoms with Gasteiger partial charge in [0.2, 0.25) is 0 Å². The maximum Gasteiger partial charge on any atom is 0.101 e. The van der Waals surface area contributed by atoms with Crippen molar-refractivity contribution in [2.45, 2.75) is 122 Å². The molecule has 31 heavy (non-hydrogen) atoms. The molecular formula is C28H52N2Si+. The van der Waals surface area contributed by atoms with E-state index in [9.17, 15) is 0 Å². The molecule has 0 unspecified atom stereocenters. The van der Waals surface area contributed by atoms with Crippen LogP contribution in [-0.2, 0) is 6.54 Å². The van der Waals surface area contributed by atoms with Crippen molar-refractivity contribution in [2.24, 2.45) is 0 Å². The minimum Gasteiger partial charge on any atom is -0.343 e. The normalized spacial score (nSPS) is 11.3. The standard InChI is InChI=1S/C28H51N2Si/c31-27-30-25-21-16-14-12-10-8-6-4-2-1-3-5-7-9-11-13-15-20-24-29-26-28-22-18-17-19-23-28/h17-19,22-23,29-30H,1-16,20-21,24-27H2/p+1. The largest absolute Gasteiger partial charge is 0.343 e. The Morgan fingerprint density at radius 1 is 0.548 bits per heavy atom. The number of rotatable bonds is 24. The molecule has 3 N–H and O–H groups in total. The van der Waals surface area contributed by atoms with Gasteiger partial charge in [-0.1, -0.05) is 127 Å². The molecule has 0 amide bonds. The molecule has 3 radical (unpaired) electrons. The van der Waals surface area contributed by atoms with Crippen LogP contribution in [0.1, 0.15) is 121 Å². The van der Waals surface area contributed by atoms with Crippen molar-refractivity contribution >= 4 is 10.2 Å². The van der Waals surface area contributed by atoms with E-state index in [4.69, 9.17) is 0 Å². The molecule has 0 aromatic heterocycles. The topological polar surface area (TPSA) is 28.6 Å². The Hall–Kier alpha value is -0.643. The van der Waals surface area contributed by atoms with Gasteiger partial charge >= 0.3 is 0 Å². The fourth-order valence-electron chi connectivity index (χ4n) is 4.34. The van der Waals surface area contributed by atoms with Crippen LogP contribution in [0.25, 0.3) is 0 Å². The molecule has 0 spiro atoms. The summed E-state index contributed by atoms with van der Waals surface area (Å²) in [5.74, 6) is 0. The van der Waals surface area contributed by atoms with Crippen molar-refractivity contribution in [2.75, 3.05) is 19.3 Å². The molecule has 0 bridgehead atoms. The molecule has 1 aromatic rings. The van der Waals surface area contributed by atoms with Crippen LogP contribution < -0.4 is 10.6 Å². The summed E-state index contributed by atoms with van der Waals surface area (Å²) in [7, 11) is 3.45. The fourth-order valence-corrected chi connectivity index (χ4v) is 4.52. The minimum absolute atomic E-state index is 0.926. The molecule has 2 nitrogen and oxygen atoms in total. The smallest absolute Gasteiger partial charge is 0.101 e. The number of nitrogens with two attached hydrogens (primary N) is 1. The highest BCUT2D eigenvalue weighted by Gasteiger charge is 1.97. The summed E-state index contributed by atoms with van der Waals surface area (Å²) in [6.07, 6.45) is 26.9. The monoisotopic (exact) mass is 444 g/mol. The predicted octanol–water partition coefficient (Wildman–Crippen LogP) is 6.49. The lowest BCUT2D eigenvalue weighted by Crippen LogP contribution is -2.82. The van der Waals surface area contributed by atoms with Crippen LogP contribution in [0, 0.1) is 0 Å². The van der Waals surface area contributed by atoms with Crippen molar-refractivity contribution in [1.82, 2.24) is 5.32 Å². The second kappa shape index (κ2) is 24.0. The van der Waals surface area contributed by atoms with Crippen LogP contribution in [0.2, 0.25) is 0 Å². The number of hydrogen-bond donors (Lipinski definition) is 2. The lowest BCUT2D eigenvalue weighted by Gasteiger charge is -2.04. The van der Waals surface area contributed by atoms with Crippen LogP contribution in [-0.4, -0.2) is 29.5 Å². The molecule has 0 saturated heterocycles. The average molecular weight is 445 g/mol. The molecule has 1 aromatic carbocycles. The van der Waals surface area contributed by atoms with Crippen LogP contribution in [0.5, 0.6) is 0 Å². The van der Waals surface area contributed by atoms with Crippen molar-refractivity contribution in [3.8, 4) is 0 Å². The molecule has 0 aliphatic rings. The second-order valence-electron chi connectivity index (χ2n) is 9.31. The first-order valence-electron chi connectivity index (χ1n) is 13.6. The van der Waals surface area contributed by atoms with E-state index in [2.05, 4.69) is 51.2 Å². The highest BCUT2D eigenvalue weighted by molar-refractivity contribution is 6.08. The highest BCUT2D eigenvalue weighted by Crippen LogP contribution is 2.14. The van der Waals surface area contributed by atoms with Crippen LogP contribution >= 0.6 is 0 Å². The van der Waals surface area contributed by atoms with Gasteiger partial charge in [0, 0.05) is 15.8 Å². The van der Waals surface area contributed by atoms with Crippen LogP contribution in [0.3, 0.4) is 0 Å². The van der Waals surface area contributed by atoms with Gasteiger partial charge < -0.3 is 10.6 Å². The molecule has 0 aliphatic carbocycles. The summed E-state index contributed by atoms with van der Waals surface area (Å²) in [5.41, 5.74) is 1.45. The van der Waals surface area contributed by atoms with Gasteiger partial charge in [-0.05, 0) is 32.0 Å². The van der Waals surface area contributed by atoms with E-state index >= 15 is 0 Å². The van der Waals surface area contributed by atoms with E-state index in [1.54, 1.807) is 0 Å². The van der Waals surface area contributed by atoms with Gasteiger partial charge in [-0.15, -0.1) is 0 Å². The first-order valence-corrected chi connectivity index (χ1v) is 14.3. The molecule has 0 saturated carbocycles. The molecule has 0 fully saturated rings. The number of benzene rings is 1. The lowest BCUT2D eigenvalue weighted by molar-refractivity contribution is -0.671. The Morgan fingerprint density at radius 3 is 1.42 bits per heavy atom. The van der Waals surface area contributed by atoms with E-state index < -0.39 is 0 Å². The zero-order chi connectivity index (χ0) is 22.1. The fraction of sp³-hybridized carbons (Fsp3) is 0.786. The van der Waals surface area contributed by atoms with E-state index in [1.165, 1.54) is 128 Å². The van der Waals surface area contributed by atoms with E-state index in [0.717, 1.165) is 19.3 Å². The number of unbranched alkanes of at least 4 members (excludes halogenated alkanes) is 17. The van der Waals surface area contributed by atoms with Crippen molar-refractivity contribution < 1.29 is 5.32 Å². The van der Waals surface area contributed by atoms with Gasteiger partial charge in [0.15, 0.2) is 0 Å². The van der Waals surface area contributed by atoms with E-state index in [0.29, 0.717) is 0 Å². The van der Waals surface area contributed by atoms with Gasteiger partial charge in [0.25, 0.3) is 0 Å². The van der Waals surface area contributed by atoms with Crippen molar-refractivity contribution in [3.05, 3.63) is 35.9 Å². The SMILES string of the molecule is [Si]CNCCCCCCCCCCCCCCCCCCCC[NH2+]Cc1ccccc1. The molecular weight excluding hydrogens is 392 g/mol. The average Bonchev–Trinajstić information content (AvgIpc) is 2.80. The zero-order valence-corrected chi connectivity index (χ0v) is 21.5. The third kappa shape index (κ3) is 21.0. The maximum absolute atomic E-state index is 3.45. The Bertz CT molecular complexity index is 452. The molecule has 0 heterocycles. The molecule has 1 rings (SSSR count). The van der Waals surface area contributed by atoms with Gasteiger partial charge in [-0.3, -0.25) is 0 Å². The Balaban J connectivity index is 1.65. The lowest BCUT2D eigenvalue weighted by atomic mass is 10.0. The van der Waals surface area contributed by atoms with Crippen molar-refractivity contribution in [1.29, 1.82) is 0 Å².